The third-order valence-electron chi connectivity index (χ3n) is 3.58. The van der Waals surface area contributed by atoms with Crippen molar-refractivity contribution in [3.05, 3.63) is 23.8 Å². The number of nitrogen functional groups attached to an aromatic ring is 1. The van der Waals surface area contributed by atoms with Crippen molar-refractivity contribution >= 4 is 5.69 Å². The Labute approximate surface area is 110 Å². The molecule has 1 heterocycles. The molecular weight excluding hydrogens is 224 g/mol. The van der Waals surface area contributed by atoms with Gasteiger partial charge in [-0.15, -0.1) is 0 Å². The summed E-state index contributed by atoms with van der Waals surface area (Å²) in [6, 6.07) is 6.02. The van der Waals surface area contributed by atoms with Gasteiger partial charge in [0.2, 0.25) is 0 Å². The van der Waals surface area contributed by atoms with Crippen molar-refractivity contribution in [2.75, 3.05) is 25.9 Å². The minimum absolute atomic E-state index is 0.788. The smallest absolute Gasteiger partial charge is 0.121 e. The van der Waals surface area contributed by atoms with Crippen LogP contribution in [0.3, 0.4) is 0 Å². The van der Waals surface area contributed by atoms with Gasteiger partial charge in [0.15, 0.2) is 0 Å². The van der Waals surface area contributed by atoms with Gasteiger partial charge in [0, 0.05) is 18.3 Å². The van der Waals surface area contributed by atoms with E-state index >= 15 is 0 Å². The monoisotopic (exact) mass is 248 g/mol. The molecular formula is C15H24N2O. The lowest BCUT2D eigenvalue weighted by Crippen LogP contribution is -2.26. The van der Waals surface area contributed by atoms with Crippen LogP contribution in [0.1, 0.15) is 37.7 Å². The lowest BCUT2D eigenvalue weighted by atomic mass is 10.1. The predicted molar refractivity (Wildman–Crippen MR) is 75.8 cm³/mol. The zero-order valence-corrected chi connectivity index (χ0v) is 11.3. The zero-order valence-electron chi connectivity index (χ0n) is 11.3. The molecule has 1 aliphatic heterocycles. The Bertz CT molecular complexity index is 371. The van der Waals surface area contributed by atoms with Gasteiger partial charge in [-0.25, -0.2) is 0 Å². The van der Waals surface area contributed by atoms with Crippen LogP contribution >= 0.6 is 0 Å². The summed E-state index contributed by atoms with van der Waals surface area (Å²) in [5, 5.41) is 0. The molecule has 2 rings (SSSR count). The van der Waals surface area contributed by atoms with E-state index in [1.807, 2.05) is 6.07 Å². The molecule has 0 spiro atoms. The van der Waals surface area contributed by atoms with E-state index < -0.39 is 0 Å². The van der Waals surface area contributed by atoms with Crippen LogP contribution in [0.25, 0.3) is 0 Å². The molecule has 2 N–H and O–H groups in total. The fourth-order valence-electron chi connectivity index (χ4n) is 2.62. The molecule has 18 heavy (non-hydrogen) atoms. The minimum atomic E-state index is 0.788. The van der Waals surface area contributed by atoms with Gasteiger partial charge in [0.1, 0.15) is 5.75 Å². The van der Waals surface area contributed by atoms with Crippen molar-refractivity contribution < 1.29 is 4.74 Å². The van der Waals surface area contributed by atoms with Crippen LogP contribution in [0.4, 0.5) is 5.69 Å². The van der Waals surface area contributed by atoms with Gasteiger partial charge in [-0.2, -0.15) is 0 Å². The van der Waals surface area contributed by atoms with Crippen molar-refractivity contribution in [2.24, 2.45) is 0 Å². The second kappa shape index (κ2) is 6.64. The van der Waals surface area contributed by atoms with E-state index in [4.69, 9.17) is 10.5 Å². The van der Waals surface area contributed by atoms with E-state index in [0.717, 1.165) is 18.0 Å². The number of rotatable bonds is 3. The highest BCUT2D eigenvalue weighted by Crippen LogP contribution is 2.21. The summed E-state index contributed by atoms with van der Waals surface area (Å²) in [6.07, 6.45) is 6.78. The Morgan fingerprint density at radius 1 is 1.06 bits per heavy atom. The molecule has 1 aliphatic rings. The Morgan fingerprint density at radius 3 is 2.39 bits per heavy atom. The largest absolute Gasteiger partial charge is 0.497 e. The maximum atomic E-state index is 5.90. The normalized spacial score (nSPS) is 18.1. The molecule has 1 saturated heterocycles. The lowest BCUT2D eigenvalue weighted by molar-refractivity contribution is 0.239. The maximum absolute atomic E-state index is 5.90. The highest BCUT2D eigenvalue weighted by Gasteiger charge is 2.09. The van der Waals surface area contributed by atoms with Gasteiger partial charge in [0.05, 0.1) is 7.11 Å². The summed E-state index contributed by atoms with van der Waals surface area (Å²) in [5.74, 6) is 0.858. The van der Waals surface area contributed by atoms with E-state index in [-0.39, 0.29) is 0 Å². The summed E-state index contributed by atoms with van der Waals surface area (Å²) >= 11 is 0. The van der Waals surface area contributed by atoms with Crippen LogP contribution in [0.15, 0.2) is 18.2 Å². The molecule has 0 atom stereocenters. The van der Waals surface area contributed by atoms with Gasteiger partial charge in [0.25, 0.3) is 0 Å². The van der Waals surface area contributed by atoms with Crippen LogP contribution in [-0.4, -0.2) is 25.1 Å². The molecule has 1 aromatic carbocycles. The van der Waals surface area contributed by atoms with Crippen LogP contribution in [0.5, 0.6) is 5.75 Å². The molecule has 0 bridgehead atoms. The third kappa shape index (κ3) is 3.91. The van der Waals surface area contributed by atoms with E-state index in [9.17, 15) is 0 Å². The van der Waals surface area contributed by atoms with Crippen LogP contribution in [0.2, 0.25) is 0 Å². The molecule has 0 radical (unpaired) electrons. The number of nitrogens with two attached hydrogens (primary N) is 1. The number of nitrogens with zero attached hydrogens (tertiary/aromatic N) is 1. The number of likely N-dealkylation sites (tertiary alicyclic amines) is 1. The zero-order chi connectivity index (χ0) is 12.8. The number of hydrogen-bond acceptors (Lipinski definition) is 3. The number of anilines is 1. The summed E-state index contributed by atoms with van der Waals surface area (Å²) in [7, 11) is 1.69. The highest BCUT2D eigenvalue weighted by molar-refractivity contribution is 5.47. The summed E-state index contributed by atoms with van der Waals surface area (Å²) in [5.41, 5.74) is 7.94. The first kappa shape index (κ1) is 13.2. The van der Waals surface area contributed by atoms with Gasteiger partial charge in [-0.3, -0.25) is 4.90 Å². The van der Waals surface area contributed by atoms with E-state index in [1.165, 1.54) is 50.8 Å². The summed E-state index contributed by atoms with van der Waals surface area (Å²) < 4.78 is 5.27. The Morgan fingerprint density at radius 2 is 1.72 bits per heavy atom. The van der Waals surface area contributed by atoms with Crippen molar-refractivity contribution in [3.8, 4) is 5.75 Å². The highest BCUT2D eigenvalue weighted by atomic mass is 16.5. The molecule has 0 aromatic heterocycles. The fourth-order valence-corrected chi connectivity index (χ4v) is 2.62. The summed E-state index contributed by atoms with van der Waals surface area (Å²) in [6.45, 7) is 3.40. The Hall–Kier alpha value is -1.22. The van der Waals surface area contributed by atoms with Crippen LogP contribution in [0, 0.1) is 0 Å². The quantitative estimate of drug-likeness (QED) is 0.836. The minimum Gasteiger partial charge on any atom is -0.497 e. The van der Waals surface area contributed by atoms with Gasteiger partial charge >= 0.3 is 0 Å². The standard InChI is InChI=1S/C15H24N2O/c1-18-15-10-13(9-14(16)11-15)12-17-7-5-3-2-4-6-8-17/h9-11H,2-8,12,16H2,1H3. The van der Waals surface area contributed by atoms with E-state index in [0.29, 0.717) is 0 Å². The average Bonchev–Trinajstić information content (AvgIpc) is 2.31. The first-order valence-corrected chi connectivity index (χ1v) is 6.94. The molecule has 1 aromatic rings. The molecule has 0 unspecified atom stereocenters. The van der Waals surface area contributed by atoms with Crippen molar-refractivity contribution in [2.45, 2.75) is 38.6 Å². The van der Waals surface area contributed by atoms with Gasteiger partial charge in [-0.05, 0) is 43.6 Å². The second-order valence-corrected chi connectivity index (χ2v) is 5.16. The van der Waals surface area contributed by atoms with Gasteiger partial charge < -0.3 is 10.5 Å². The molecule has 1 fully saturated rings. The van der Waals surface area contributed by atoms with Gasteiger partial charge in [-0.1, -0.05) is 19.3 Å². The SMILES string of the molecule is COc1cc(N)cc(CN2CCCCCCC2)c1. The molecule has 3 nitrogen and oxygen atoms in total. The first-order valence-electron chi connectivity index (χ1n) is 6.94. The number of benzene rings is 1. The topological polar surface area (TPSA) is 38.5 Å². The van der Waals surface area contributed by atoms with Crippen molar-refractivity contribution in [1.29, 1.82) is 0 Å². The third-order valence-corrected chi connectivity index (χ3v) is 3.58. The van der Waals surface area contributed by atoms with Crippen molar-refractivity contribution in [3.63, 3.8) is 0 Å². The Kier molecular flexibility index (Phi) is 4.88. The lowest BCUT2D eigenvalue weighted by Gasteiger charge is -2.24. The van der Waals surface area contributed by atoms with E-state index in [2.05, 4.69) is 17.0 Å². The molecule has 0 saturated carbocycles. The van der Waals surface area contributed by atoms with Crippen LogP contribution < -0.4 is 10.5 Å². The fraction of sp³-hybridized carbons (Fsp3) is 0.600. The van der Waals surface area contributed by atoms with Crippen molar-refractivity contribution in [1.82, 2.24) is 4.90 Å². The number of ether oxygens (including phenoxy) is 1. The maximum Gasteiger partial charge on any atom is 0.121 e. The molecule has 0 aliphatic carbocycles. The first-order chi connectivity index (χ1) is 8.78. The molecule has 100 valence electrons. The number of hydrogen-bond donors (Lipinski definition) is 1. The molecule has 0 amide bonds. The average molecular weight is 248 g/mol. The molecule has 3 heteroatoms. The van der Waals surface area contributed by atoms with E-state index in [1.54, 1.807) is 7.11 Å². The van der Waals surface area contributed by atoms with Crippen LogP contribution in [-0.2, 0) is 6.54 Å². The number of methoxy groups -OCH3 is 1. The summed E-state index contributed by atoms with van der Waals surface area (Å²) in [4.78, 5) is 2.54. The predicted octanol–water partition coefficient (Wildman–Crippen LogP) is 3.04. The second-order valence-electron chi connectivity index (χ2n) is 5.16. The Balaban J connectivity index is 2.00.